The minimum atomic E-state index is 0.255. The molecule has 9 nitrogen and oxygen atoms in total. The number of benzene rings is 1. The van der Waals surface area contributed by atoms with Crippen LogP contribution in [-0.2, 0) is 0 Å². The molecule has 0 fully saturated rings. The topological polar surface area (TPSA) is 77.2 Å². The molecule has 10 heteroatoms. The second kappa shape index (κ2) is 8.64. The zero-order valence-electron chi connectivity index (χ0n) is 18.2. The summed E-state index contributed by atoms with van der Waals surface area (Å²) in [5.41, 5.74) is 2.78. The lowest BCUT2D eigenvalue weighted by Crippen LogP contribution is -2.15. The van der Waals surface area contributed by atoms with Crippen LogP contribution in [-0.4, -0.2) is 65.6 Å². The number of ether oxygens (including phenoxy) is 3. The average molecular weight is 453 g/mol. The van der Waals surface area contributed by atoms with E-state index in [9.17, 15) is 0 Å². The van der Waals surface area contributed by atoms with Crippen LogP contribution in [0, 0.1) is 0 Å². The molecule has 0 spiro atoms. The predicted octanol–water partition coefficient (Wildman–Crippen LogP) is 3.68. The number of aromatic nitrogens is 4. The maximum Gasteiger partial charge on any atom is 0.231 e. The fourth-order valence-electron chi connectivity index (χ4n) is 3.39. The summed E-state index contributed by atoms with van der Waals surface area (Å²) < 4.78 is 18.5. The lowest BCUT2D eigenvalue weighted by molar-refractivity contribution is 0.174. The molecule has 5 rings (SSSR count). The van der Waals surface area contributed by atoms with E-state index >= 15 is 0 Å². The number of hydrogen-bond acceptors (Lipinski definition) is 9. The van der Waals surface area contributed by atoms with Gasteiger partial charge in [0, 0.05) is 43.2 Å². The van der Waals surface area contributed by atoms with Crippen molar-refractivity contribution in [3.63, 3.8) is 0 Å². The van der Waals surface area contributed by atoms with E-state index in [1.54, 1.807) is 6.20 Å². The molecule has 32 heavy (non-hydrogen) atoms. The quantitative estimate of drug-likeness (QED) is 0.375. The Kier molecular flexibility index (Phi) is 5.54. The number of rotatable bonds is 8. The van der Waals surface area contributed by atoms with Gasteiger partial charge in [0.15, 0.2) is 11.5 Å². The normalized spacial score (nSPS) is 12.6. The van der Waals surface area contributed by atoms with Gasteiger partial charge >= 0.3 is 0 Å². The molecule has 0 amide bonds. The fraction of sp³-hybridized carbons (Fsp3) is 0.318. The molecule has 4 heterocycles. The molecule has 1 aliphatic heterocycles. The fourth-order valence-corrected chi connectivity index (χ4v) is 4.25. The number of fused-ring (bicyclic) bond motifs is 2. The molecule has 0 aliphatic carbocycles. The molecule has 1 aromatic carbocycles. The number of nitrogens with zero attached hydrogens (tertiary/aromatic N) is 6. The summed E-state index contributed by atoms with van der Waals surface area (Å²) in [6.07, 6.45) is 4.57. The maximum atomic E-state index is 5.73. The molecule has 0 radical (unpaired) electrons. The Morgan fingerprint density at radius 2 is 1.94 bits per heavy atom. The molecular weight excluding hydrogens is 428 g/mol. The van der Waals surface area contributed by atoms with Crippen molar-refractivity contribution in [2.45, 2.75) is 6.42 Å². The van der Waals surface area contributed by atoms with Crippen molar-refractivity contribution < 1.29 is 14.2 Å². The van der Waals surface area contributed by atoms with Crippen LogP contribution in [0.4, 0.5) is 10.8 Å². The van der Waals surface area contributed by atoms with Gasteiger partial charge in [0.2, 0.25) is 22.8 Å². The van der Waals surface area contributed by atoms with E-state index in [1.165, 1.54) is 11.3 Å². The molecule has 3 aromatic heterocycles. The molecule has 0 bridgehead atoms. The monoisotopic (exact) mass is 452 g/mol. The van der Waals surface area contributed by atoms with Gasteiger partial charge in [-0.05, 0) is 38.7 Å². The second-order valence-electron chi connectivity index (χ2n) is 7.71. The van der Waals surface area contributed by atoms with Crippen LogP contribution in [0.3, 0.4) is 0 Å². The summed E-state index contributed by atoms with van der Waals surface area (Å²) in [6, 6.07) is 9.72. The Labute approximate surface area is 189 Å². The third-order valence-electron chi connectivity index (χ3n) is 5.14. The maximum absolute atomic E-state index is 5.73. The summed E-state index contributed by atoms with van der Waals surface area (Å²) in [5, 5.41) is 5.60. The van der Waals surface area contributed by atoms with E-state index in [0.29, 0.717) is 12.5 Å². The lowest BCUT2D eigenvalue weighted by Gasteiger charge is -2.15. The van der Waals surface area contributed by atoms with Gasteiger partial charge in [-0.1, -0.05) is 11.3 Å². The first kappa shape index (κ1) is 20.5. The van der Waals surface area contributed by atoms with Gasteiger partial charge in [-0.2, -0.15) is 0 Å². The van der Waals surface area contributed by atoms with E-state index in [2.05, 4.69) is 29.0 Å². The predicted molar refractivity (Wildman–Crippen MR) is 123 cm³/mol. The van der Waals surface area contributed by atoms with Crippen molar-refractivity contribution in [2.75, 3.05) is 46.0 Å². The summed E-state index contributed by atoms with van der Waals surface area (Å²) in [4.78, 5) is 13.9. The van der Waals surface area contributed by atoms with Gasteiger partial charge in [-0.3, -0.25) is 0 Å². The lowest BCUT2D eigenvalue weighted by atomic mass is 10.2. The number of imidazole rings is 1. The van der Waals surface area contributed by atoms with Crippen LogP contribution >= 0.6 is 11.3 Å². The Hall–Kier alpha value is -3.37. The zero-order chi connectivity index (χ0) is 22.1. The average Bonchev–Trinajstić information content (AvgIpc) is 3.51. The Balaban J connectivity index is 1.33. The van der Waals surface area contributed by atoms with Crippen molar-refractivity contribution in [1.29, 1.82) is 0 Å². The number of hydrogen-bond donors (Lipinski definition) is 0. The molecule has 0 saturated carbocycles. The van der Waals surface area contributed by atoms with Gasteiger partial charge in [-0.15, -0.1) is 5.10 Å². The van der Waals surface area contributed by atoms with Gasteiger partial charge < -0.3 is 24.0 Å². The van der Waals surface area contributed by atoms with Crippen molar-refractivity contribution in [2.24, 2.45) is 0 Å². The Bertz CT molecular complexity index is 1220. The van der Waals surface area contributed by atoms with Crippen LogP contribution in [0.5, 0.6) is 17.4 Å². The second-order valence-corrected chi connectivity index (χ2v) is 8.64. The third kappa shape index (κ3) is 4.06. The molecule has 4 aromatic rings. The molecular formula is C22H24N6O3S. The van der Waals surface area contributed by atoms with E-state index in [-0.39, 0.29) is 6.79 Å². The highest BCUT2D eigenvalue weighted by molar-refractivity contribution is 7.20. The summed E-state index contributed by atoms with van der Waals surface area (Å²) in [5.74, 6) is 2.12. The van der Waals surface area contributed by atoms with Gasteiger partial charge in [-0.25, -0.2) is 14.5 Å². The van der Waals surface area contributed by atoms with E-state index in [0.717, 1.165) is 51.5 Å². The van der Waals surface area contributed by atoms with Crippen molar-refractivity contribution >= 4 is 27.1 Å². The van der Waals surface area contributed by atoms with Crippen LogP contribution in [0.25, 0.3) is 16.2 Å². The SMILES string of the molecule is CN(C)CCCOc1ccc(-c2cnc3sc(N(C)c4ccc5c(c4)OCO5)nn23)cn1. The first-order chi connectivity index (χ1) is 15.6. The van der Waals surface area contributed by atoms with E-state index in [1.807, 2.05) is 53.0 Å². The van der Waals surface area contributed by atoms with Crippen LogP contribution < -0.4 is 19.1 Å². The van der Waals surface area contributed by atoms with E-state index in [4.69, 9.17) is 19.3 Å². The van der Waals surface area contributed by atoms with Gasteiger partial charge in [0.1, 0.15) is 0 Å². The zero-order valence-corrected chi connectivity index (χ0v) is 19.0. The van der Waals surface area contributed by atoms with Gasteiger partial charge in [0.25, 0.3) is 0 Å². The highest BCUT2D eigenvalue weighted by Gasteiger charge is 2.19. The smallest absolute Gasteiger partial charge is 0.231 e. The number of anilines is 2. The first-order valence-electron chi connectivity index (χ1n) is 10.3. The van der Waals surface area contributed by atoms with Crippen molar-refractivity contribution in [3.8, 4) is 28.6 Å². The van der Waals surface area contributed by atoms with Gasteiger partial charge in [0.05, 0.1) is 18.5 Å². The molecule has 1 aliphatic rings. The Morgan fingerprint density at radius 3 is 2.75 bits per heavy atom. The third-order valence-corrected chi connectivity index (χ3v) is 6.14. The minimum Gasteiger partial charge on any atom is -0.478 e. The largest absolute Gasteiger partial charge is 0.478 e. The molecule has 0 N–H and O–H groups in total. The molecule has 0 saturated heterocycles. The Morgan fingerprint density at radius 1 is 1.06 bits per heavy atom. The highest BCUT2D eigenvalue weighted by Crippen LogP contribution is 2.38. The summed E-state index contributed by atoms with van der Waals surface area (Å²) in [7, 11) is 6.08. The summed E-state index contributed by atoms with van der Waals surface area (Å²) >= 11 is 1.51. The minimum absolute atomic E-state index is 0.255. The van der Waals surface area contributed by atoms with Crippen LogP contribution in [0.15, 0.2) is 42.7 Å². The summed E-state index contributed by atoms with van der Waals surface area (Å²) in [6.45, 7) is 1.88. The molecule has 0 atom stereocenters. The number of pyridine rings is 1. The highest BCUT2D eigenvalue weighted by atomic mass is 32.1. The molecule has 0 unspecified atom stereocenters. The first-order valence-corrected chi connectivity index (χ1v) is 11.1. The van der Waals surface area contributed by atoms with Crippen molar-refractivity contribution in [1.82, 2.24) is 24.5 Å². The standard InChI is InChI=1S/C22H24N6O3S/c1-26(2)9-4-10-29-20-8-5-15(12-23-20)17-13-24-21-28(17)25-22(32-21)27(3)16-6-7-18-19(11-16)31-14-30-18/h5-8,11-13H,4,9-10,14H2,1-3H3. The molecule has 166 valence electrons. The van der Waals surface area contributed by atoms with Crippen LogP contribution in [0.1, 0.15) is 6.42 Å². The van der Waals surface area contributed by atoms with Crippen molar-refractivity contribution in [3.05, 3.63) is 42.7 Å². The van der Waals surface area contributed by atoms with E-state index < -0.39 is 0 Å². The van der Waals surface area contributed by atoms with Crippen LogP contribution in [0.2, 0.25) is 0 Å².